The molecule has 42 heavy (non-hydrogen) atoms. The summed E-state index contributed by atoms with van der Waals surface area (Å²) in [4.78, 5) is 54.9. The standard InChI is InChI=1S/C31H48N4O7/c1-4-5-15-35-16-19-42-27-11-7-6-10-24(27)29(37)34-25(12-13-28(36)33-26(31(35)39)20-22(2)3)30(38)32-14-18-40-21-23-9-8-17-41-23/h6-7,10-11,22-23,25-26H,4-5,8-9,12-21H2,1-3H3,(H,32,38)(H,33,36)(H,34,37)/t23?,25-,26-/m0/s1. The minimum atomic E-state index is -0.972. The predicted octanol–water partition coefficient (Wildman–Crippen LogP) is 2.43. The Balaban J connectivity index is 1.74. The number of unbranched alkanes of at least 4 members (excludes halogenated alkanes) is 1. The first-order valence-electron chi connectivity index (χ1n) is 15.4. The number of para-hydroxylation sites is 1. The summed E-state index contributed by atoms with van der Waals surface area (Å²) in [5, 5.41) is 8.50. The average Bonchev–Trinajstić information content (AvgIpc) is 3.49. The lowest BCUT2D eigenvalue weighted by atomic mass is 10.0. The molecule has 0 aliphatic carbocycles. The summed E-state index contributed by atoms with van der Waals surface area (Å²) in [7, 11) is 0. The molecule has 0 spiro atoms. The van der Waals surface area contributed by atoms with Gasteiger partial charge in [-0.3, -0.25) is 19.2 Å². The fraction of sp³-hybridized carbons (Fsp3) is 0.677. The Morgan fingerprint density at radius 1 is 1.14 bits per heavy atom. The van der Waals surface area contributed by atoms with Gasteiger partial charge in [0.2, 0.25) is 17.7 Å². The molecule has 2 aliphatic rings. The minimum Gasteiger partial charge on any atom is -0.491 e. The van der Waals surface area contributed by atoms with Gasteiger partial charge in [0.1, 0.15) is 24.4 Å². The topological polar surface area (TPSA) is 135 Å². The molecule has 3 atom stereocenters. The second-order valence-corrected chi connectivity index (χ2v) is 11.3. The number of nitrogens with one attached hydrogen (secondary N) is 3. The molecule has 3 N–H and O–H groups in total. The van der Waals surface area contributed by atoms with Gasteiger partial charge in [0.15, 0.2) is 0 Å². The van der Waals surface area contributed by atoms with Crippen LogP contribution in [0.15, 0.2) is 24.3 Å². The molecule has 11 nitrogen and oxygen atoms in total. The van der Waals surface area contributed by atoms with Gasteiger partial charge in [0.05, 0.1) is 31.4 Å². The molecule has 11 heteroatoms. The van der Waals surface area contributed by atoms with E-state index in [-0.39, 0.29) is 55.4 Å². The minimum absolute atomic E-state index is 0.0388. The molecule has 0 saturated carbocycles. The Kier molecular flexibility index (Phi) is 14.0. The van der Waals surface area contributed by atoms with Gasteiger partial charge in [0.25, 0.3) is 5.91 Å². The number of benzene rings is 1. The summed E-state index contributed by atoms with van der Waals surface area (Å²) < 4.78 is 17.2. The van der Waals surface area contributed by atoms with Gasteiger partial charge in [-0.1, -0.05) is 39.3 Å². The summed E-state index contributed by atoms with van der Waals surface area (Å²) in [6.07, 6.45) is 4.33. The first-order valence-corrected chi connectivity index (χ1v) is 15.4. The monoisotopic (exact) mass is 588 g/mol. The lowest BCUT2D eigenvalue weighted by Gasteiger charge is -2.29. The maximum Gasteiger partial charge on any atom is 0.255 e. The highest BCUT2D eigenvalue weighted by Gasteiger charge is 2.29. The van der Waals surface area contributed by atoms with Crippen LogP contribution >= 0.6 is 0 Å². The molecule has 1 aromatic rings. The van der Waals surface area contributed by atoms with Gasteiger partial charge in [0, 0.05) is 26.1 Å². The van der Waals surface area contributed by atoms with Crippen molar-refractivity contribution in [3.8, 4) is 5.75 Å². The third-order valence-electron chi connectivity index (χ3n) is 7.34. The van der Waals surface area contributed by atoms with Crippen molar-refractivity contribution in [2.45, 2.75) is 83.9 Å². The summed E-state index contributed by atoms with van der Waals surface area (Å²) in [5.41, 5.74) is 0.277. The SMILES string of the molecule is CCCCN1CCOc2ccccc2C(=O)N[C@H](C(=O)NCCOCC2CCCO2)CCC(=O)N[C@@H](CC(C)C)C1=O. The lowest BCUT2D eigenvalue weighted by Crippen LogP contribution is -2.51. The lowest BCUT2D eigenvalue weighted by molar-refractivity contribution is -0.137. The Hall–Kier alpha value is -3.18. The van der Waals surface area contributed by atoms with E-state index in [9.17, 15) is 19.2 Å². The number of hydrogen-bond acceptors (Lipinski definition) is 7. The molecule has 1 unspecified atom stereocenters. The van der Waals surface area contributed by atoms with Crippen molar-refractivity contribution in [3.05, 3.63) is 29.8 Å². The molecule has 3 rings (SSSR count). The largest absolute Gasteiger partial charge is 0.491 e. The first kappa shape index (κ1) is 33.3. The predicted molar refractivity (Wildman–Crippen MR) is 158 cm³/mol. The van der Waals surface area contributed by atoms with Gasteiger partial charge in [-0.2, -0.15) is 0 Å². The van der Waals surface area contributed by atoms with Gasteiger partial charge in [-0.05, 0) is 50.2 Å². The number of fused-ring (bicyclic) bond motifs is 1. The Morgan fingerprint density at radius 3 is 2.69 bits per heavy atom. The third-order valence-corrected chi connectivity index (χ3v) is 7.34. The van der Waals surface area contributed by atoms with Crippen molar-refractivity contribution in [3.63, 3.8) is 0 Å². The molecule has 1 aromatic carbocycles. The van der Waals surface area contributed by atoms with E-state index in [4.69, 9.17) is 14.2 Å². The van der Waals surface area contributed by atoms with Crippen LogP contribution in [0.2, 0.25) is 0 Å². The maximum absolute atomic E-state index is 13.6. The second kappa shape index (κ2) is 17.7. The number of hydrogen-bond donors (Lipinski definition) is 3. The van der Waals surface area contributed by atoms with E-state index in [1.165, 1.54) is 0 Å². The normalized spacial score (nSPS) is 22.4. The number of rotatable bonds is 11. The molecule has 2 heterocycles. The smallest absolute Gasteiger partial charge is 0.255 e. The summed E-state index contributed by atoms with van der Waals surface area (Å²) in [6.45, 7) is 8.89. The van der Waals surface area contributed by atoms with Crippen molar-refractivity contribution in [1.82, 2.24) is 20.9 Å². The molecule has 4 amide bonds. The van der Waals surface area contributed by atoms with Crippen molar-refractivity contribution in [2.24, 2.45) is 5.92 Å². The third kappa shape index (κ3) is 10.9. The van der Waals surface area contributed by atoms with Gasteiger partial charge in [-0.25, -0.2) is 0 Å². The van der Waals surface area contributed by atoms with Crippen LogP contribution in [0, 0.1) is 5.92 Å². The van der Waals surface area contributed by atoms with E-state index < -0.39 is 23.9 Å². The number of amides is 4. The van der Waals surface area contributed by atoms with Crippen molar-refractivity contribution in [2.75, 3.05) is 46.1 Å². The van der Waals surface area contributed by atoms with Crippen molar-refractivity contribution >= 4 is 23.6 Å². The zero-order valence-corrected chi connectivity index (χ0v) is 25.3. The molecule has 234 valence electrons. The Bertz CT molecular complexity index is 1030. The van der Waals surface area contributed by atoms with Crippen LogP contribution in [-0.4, -0.2) is 92.8 Å². The van der Waals surface area contributed by atoms with Crippen LogP contribution in [0.1, 0.15) is 76.1 Å². The highest BCUT2D eigenvalue weighted by atomic mass is 16.5. The maximum atomic E-state index is 13.6. The molecule has 1 saturated heterocycles. The van der Waals surface area contributed by atoms with E-state index in [1.807, 2.05) is 13.8 Å². The fourth-order valence-corrected chi connectivity index (χ4v) is 5.05. The van der Waals surface area contributed by atoms with E-state index in [0.29, 0.717) is 38.5 Å². The fourth-order valence-electron chi connectivity index (χ4n) is 5.05. The van der Waals surface area contributed by atoms with Crippen LogP contribution in [0.25, 0.3) is 0 Å². The van der Waals surface area contributed by atoms with Crippen LogP contribution < -0.4 is 20.7 Å². The molecule has 0 aromatic heterocycles. The van der Waals surface area contributed by atoms with E-state index >= 15 is 0 Å². The van der Waals surface area contributed by atoms with Gasteiger partial charge < -0.3 is 35.1 Å². The quantitative estimate of drug-likeness (QED) is 0.338. The number of carbonyl (C=O) groups excluding carboxylic acids is 4. The molecule has 2 aliphatic heterocycles. The van der Waals surface area contributed by atoms with Gasteiger partial charge in [-0.15, -0.1) is 0 Å². The van der Waals surface area contributed by atoms with Crippen molar-refractivity contribution in [1.29, 1.82) is 0 Å². The average molecular weight is 589 g/mol. The molecular formula is C31H48N4O7. The van der Waals surface area contributed by atoms with Crippen LogP contribution in [0.4, 0.5) is 0 Å². The Morgan fingerprint density at radius 2 is 1.95 bits per heavy atom. The summed E-state index contributed by atoms with van der Waals surface area (Å²) in [5.74, 6) is -0.848. The van der Waals surface area contributed by atoms with Crippen LogP contribution in [-0.2, 0) is 23.9 Å². The van der Waals surface area contributed by atoms with E-state index in [1.54, 1.807) is 29.2 Å². The van der Waals surface area contributed by atoms with Crippen molar-refractivity contribution < 1.29 is 33.4 Å². The first-order chi connectivity index (χ1) is 20.3. The van der Waals surface area contributed by atoms with E-state index in [0.717, 1.165) is 32.3 Å². The van der Waals surface area contributed by atoms with E-state index in [2.05, 4.69) is 22.9 Å². The van der Waals surface area contributed by atoms with Crippen LogP contribution in [0.3, 0.4) is 0 Å². The molecule has 0 bridgehead atoms. The van der Waals surface area contributed by atoms with Crippen LogP contribution in [0.5, 0.6) is 5.75 Å². The summed E-state index contributed by atoms with van der Waals surface area (Å²) in [6, 6.07) is 5.15. The highest BCUT2D eigenvalue weighted by Crippen LogP contribution is 2.19. The highest BCUT2D eigenvalue weighted by molar-refractivity contribution is 5.99. The zero-order chi connectivity index (χ0) is 30.3. The number of ether oxygens (including phenoxy) is 3. The second-order valence-electron chi connectivity index (χ2n) is 11.3. The zero-order valence-electron chi connectivity index (χ0n) is 25.3. The van der Waals surface area contributed by atoms with Gasteiger partial charge >= 0.3 is 0 Å². The number of carbonyl (C=O) groups is 4. The Labute approximate surface area is 249 Å². The number of nitrogens with zero attached hydrogens (tertiary/aromatic N) is 1. The molecular weight excluding hydrogens is 540 g/mol. The molecule has 0 radical (unpaired) electrons. The summed E-state index contributed by atoms with van der Waals surface area (Å²) >= 11 is 0. The molecule has 1 fully saturated rings.